The van der Waals surface area contributed by atoms with Crippen molar-refractivity contribution in [1.82, 2.24) is 0 Å². The highest BCUT2D eigenvalue weighted by atomic mass is 16.5. The number of esters is 1. The van der Waals surface area contributed by atoms with E-state index in [1.807, 2.05) is 31.2 Å². The lowest BCUT2D eigenvalue weighted by molar-refractivity contribution is -0.142. The van der Waals surface area contributed by atoms with E-state index in [0.29, 0.717) is 22.8 Å². The number of anilines is 3. The highest BCUT2D eigenvalue weighted by Crippen LogP contribution is 2.30. The molecule has 0 spiro atoms. The number of nitrogens with zero attached hydrogens (tertiary/aromatic N) is 1. The molecule has 150 valence electrons. The maximum absolute atomic E-state index is 12.8. The van der Waals surface area contributed by atoms with Crippen molar-refractivity contribution in [1.29, 1.82) is 0 Å². The normalized spacial score (nSPS) is 13.0. The molecule has 0 aliphatic carbocycles. The predicted molar refractivity (Wildman–Crippen MR) is 112 cm³/mol. The zero-order valence-corrected chi connectivity index (χ0v) is 16.4. The van der Waals surface area contributed by atoms with Gasteiger partial charge in [0.05, 0.1) is 24.4 Å². The second-order valence-corrected chi connectivity index (χ2v) is 6.64. The number of fused-ring (bicyclic) bond motifs is 1. The quantitative estimate of drug-likeness (QED) is 0.736. The van der Waals surface area contributed by atoms with Gasteiger partial charge in [0.15, 0.2) is 0 Å². The van der Waals surface area contributed by atoms with Gasteiger partial charge in [0.1, 0.15) is 6.54 Å². The Labute approximate surface area is 169 Å². The smallest absolute Gasteiger partial charge is 0.311 e. The first-order valence-electron chi connectivity index (χ1n) is 9.36. The predicted octanol–water partition coefficient (Wildman–Crippen LogP) is 3.23. The van der Waals surface area contributed by atoms with E-state index in [1.54, 1.807) is 31.2 Å². The molecular weight excluding hydrogens is 370 g/mol. The summed E-state index contributed by atoms with van der Waals surface area (Å²) in [5, 5.41) is 5.92. The van der Waals surface area contributed by atoms with Gasteiger partial charge in [0.25, 0.3) is 5.91 Å². The Balaban J connectivity index is 1.81. The van der Waals surface area contributed by atoms with E-state index in [0.717, 1.165) is 5.56 Å². The third-order valence-electron chi connectivity index (χ3n) is 4.30. The molecule has 1 aliphatic rings. The summed E-state index contributed by atoms with van der Waals surface area (Å²) < 4.78 is 4.97. The Morgan fingerprint density at radius 2 is 1.93 bits per heavy atom. The van der Waals surface area contributed by atoms with Crippen molar-refractivity contribution in [3.8, 4) is 0 Å². The lowest BCUT2D eigenvalue weighted by Crippen LogP contribution is -2.37. The van der Waals surface area contributed by atoms with Crippen LogP contribution in [0.1, 0.15) is 18.9 Å². The van der Waals surface area contributed by atoms with Crippen LogP contribution in [0.2, 0.25) is 0 Å². The van der Waals surface area contributed by atoms with E-state index < -0.39 is 5.97 Å². The van der Waals surface area contributed by atoms with Gasteiger partial charge in [0.2, 0.25) is 5.91 Å². The Morgan fingerprint density at radius 1 is 1.14 bits per heavy atom. The number of carbonyl (C=O) groups is 3. The van der Waals surface area contributed by atoms with Crippen LogP contribution < -0.4 is 15.5 Å². The zero-order valence-electron chi connectivity index (χ0n) is 16.4. The van der Waals surface area contributed by atoms with E-state index >= 15 is 0 Å². The van der Waals surface area contributed by atoms with Gasteiger partial charge in [-0.15, -0.1) is 0 Å². The Morgan fingerprint density at radius 3 is 2.69 bits per heavy atom. The number of nitrogens with one attached hydrogen (secondary N) is 2. The maximum atomic E-state index is 12.8. The molecule has 0 aromatic heterocycles. The van der Waals surface area contributed by atoms with E-state index in [-0.39, 0.29) is 31.4 Å². The summed E-state index contributed by atoms with van der Waals surface area (Å²) in [5.41, 5.74) is 3.31. The summed E-state index contributed by atoms with van der Waals surface area (Å²) in [7, 11) is 0. The molecule has 29 heavy (non-hydrogen) atoms. The third-order valence-corrected chi connectivity index (χ3v) is 4.30. The van der Waals surface area contributed by atoms with Gasteiger partial charge in [-0.3, -0.25) is 19.3 Å². The first-order chi connectivity index (χ1) is 14.0. The van der Waals surface area contributed by atoms with E-state index in [2.05, 4.69) is 10.6 Å². The summed E-state index contributed by atoms with van der Waals surface area (Å²) in [6, 6.07) is 14.6. The molecule has 0 saturated carbocycles. The van der Waals surface area contributed by atoms with Crippen molar-refractivity contribution in [3.63, 3.8) is 0 Å². The first kappa shape index (κ1) is 20.1. The summed E-state index contributed by atoms with van der Waals surface area (Å²) >= 11 is 0. The maximum Gasteiger partial charge on any atom is 0.311 e. The molecule has 0 unspecified atom stereocenters. The number of rotatable bonds is 6. The van der Waals surface area contributed by atoms with Crippen LogP contribution in [-0.4, -0.2) is 30.9 Å². The Bertz CT molecular complexity index is 968. The van der Waals surface area contributed by atoms with Gasteiger partial charge in [-0.1, -0.05) is 24.3 Å². The van der Waals surface area contributed by atoms with E-state index in [9.17, 15) is 14.4 Å². The van der Waals surface area contributed by atoms with Crippen LogP contribution in [0.25, 0.3) is 0 Å². The fourth-order valence-corrected chi connectivity index (χ4v) is 3.06. The van der Waals surface area contributed by atoms with Gasteiger partial charge in [-0.05, 0) is 43.7 Å². The molecule has 0 radical (unpaired) electrons. The van der Waals surface area contributed by atoms with Gasteiger partial charge in [-0.2, -0.15) is 0 Å². The number of ether oxygens (including phenoxy) is 1. The number of amides is 2. The molecule has 0 bridgehead atoms. The van der Waals surface area contributed by atoms with E-state index in [1.165, 1.54) is 11.0 Å². The van der Waals surface area contributed by atoms with Gasteiger partial charge < -0.3 is 15.4 Å². The molecular formula is C22H23N3O4. The van der Waals surface area contributed by atoms with Crippen molar-refractivity contribution in [2.75, 3.05) is 28.7 Å². The minimum Gasteiger partial charge on any atom is -0.466 e. The fraction of sp³-hybridized carbons (Fsp3) is 0.227. The van der Waals surface area contributed by atoms with Crippen molar-refractivity contribution >= 4 is 34.8 Å². The molecule has 0 saturated heterocycles. The van der Waals surface area contributed by atoms with Crippen molar-refractivity contribution < 1.29 is 19.1 Å². The average molecular weight is 393 g/mol. The van der Waals surface area contributed by atoms with Crippen LogP contribution in [-0.2, 0) is 19.1 Å². The number of hydrogen-bond acceptors (Lipinski definition) is 5. The number of benzene rings is 2. The summed E-state index contributed by atoms with van der Waals surface area (Å²) in [4.78, 5) is 38.7. The second kappa shape index (κ2) is 9.05. The average Bonchev–Trinajstić information content (AvgIpc) is 2.78. The minimum absolute atomic E-state index is 0.0583. The highest BCUT2D eigenvalue weighted by molar-refractivity contribution is 6.10. The number of aryl methyl sites for hydroxylation is 1. The molecule has 0 fully saturated rings. The first-order valence-corrected chi connectivity index (χ1v) is 9.36. The van der Waals surface area contributed by atoms with Gasteiger partial charge in [-0.25, -0.2) is 0 Å². The molecule has 2 amide bonds. The van der Waals surface area contributed by atoms with Gasteiger partial charge >= 0.3 is 5.97 Å². The Hall–Kier alpha value is -3.61. The topological polar surface area (TPSA) is 87.7 Å². The standard InChI is InChI=1S/C22H23N3O4/c1-3-29-22(28)13-17-12-21(27)25(19-10-5-4-9-18(19)23-17)14-20(26)24-16-8-6-7-15(2)11-16/h4-12,23H,3,13-14H2,1-2H3,(H,24,26). The summed E-state index contributed by atoms with van der Waals surface area (Å²) in [6.45, 7) is 3.77. The highest BCUT2D eigenvalue weighted by Gasteiger charge is 2.25. The van der Waals surface area contributed by atoms with Crippen molar-refractivity contribution in [2.24, 2.45) is 0 Å². The lowest BCUT2D eigenvalue weighted by Gasteiger charge is -2.21. The van der Waals surface area contributed by atoms with Gasteiger partial charge in [0, 0.05) is 17.5 Å². The SMILES string of the molecule is CCOC(=O)CC1=CC(=O)N(CC(=O)Nc2cccc(C)c2)c2ccccc2N1. The molecule has 2 aromatic rings. The van der Waals surface area contributed by atoms with Crippen LogP contribution in [0.4, 0.5) is 17.1 Å². The van der Waals surface area contributed by atoms with Crippen LogP contribution >= 0.6 is 0 Å². The molecule has 3 rings (SSSR count). The lowest BCUT2D eigenvalue weighted by atomic mass is 10.2. The van der Waals surface area contributed by atoms with Crippen LogP contribution in [0.5, 0.6) is 0 Å². The largest absolute Gasteiger partial charge is 0.466 e. The second-order valence-electron chi connectivity index (χ2n) is 6.64. The fourth-order valence-electron chi connectivity index (χ4n) is 3.06. The monoisotopic (exact) mass is 393 g/mol. The van der Waals surface area contributed by atoms with Crippen LogP contribution in [0.15, 0.2) is 60.3 Å². The molecule has 1 heterocycles. The van der Waals surface area contributed by atoms with Crippen LogP contribution in [0.3, 0.4) is 0 Å². The Kier molecular flexibility index (Phi) is 6.29. The van der Waals surface area contributed by atoms with E-state index in [4.69, 9.17) is 4.74 Å². The summed E-state index contributed by atoms with van der Waals surface area (Å²) in [6.07, 6.45) is 1.27. The van der Waals surface area contributed by atoms with Crippen molar-refractivity contribution in [2.45, 2.75) is 20.3 Å². The summed E-state index contributed by atoms with van der Waals surface area (Å²) in [5.74, 6) is -1.13. The molecule has 1 aliphatic heterocycles. The number of hydrogen-bond donors (Lipinski definition) is 2. The molecule has 0 atom stereocenters. The van der Waals surface area contributed by atoms with Crippen molar-refractivity contribution in [3.05, 3.63) is 65.9 Å². The zero-order chi connectivity index (χ0) is 20.8. The third kappa shape index (κ3) is 5.22. The minimum atomic E-state index is -0.429. The van der Waals surface area contributed by atoms with Crippen LogP contribution in [0, 0.1) is 6.92 Å². The molecule has 7 heteroatoms. The number of para-hydroxylation sites is 2. The molecule has 7 nitrogen and oxygen atoms in total. The molecule has 2 N–H and O–H groups in total. The number of carbonyl (C=O) groups excluding carboxylic acids is 3. The molecule has 2 aromatic carbocycles.